The molecule has 0 aromatic heterocycles. The predicted molar refractivity (Wildman–Crippen MR) is 77.5 cm³/mol. The molecule has 0 radical (unpaired) electrons. The Balaban J connectivity index is 2.19. The van der Waals surface area contributed by atoms with Crippen LogP contribution in [-0.2, 0) is 14.8 Å². The molecular weight excluding hydrogens is 355 g/mol. The lowest BCUT2D eigenvalue weighted by molar-refractivity contribution is -0.146. The van der Waals surface area contributed by atoms with Crippen molar-refractivity contribution in [2.24, 2.45) is 5.41 Å². The van der Waals surface area contributed by atoms with E-state index in [0.717, 1.165) is 28.6 Å². The van der Waals surface area contributed by atoms with Gasteiger partial charge in [0.1, 0.15) is 0 Å². The van der Waals surface area contributed by atoms with Gasteiger partial charge in [0.15, 0.2) is 0 Å². The number of nitrogens with zero attached hydrogens (tertiary/aromatic N) is 1. The first-order chi connectivity index (χ1) is 10.4. The topological polar surface area (TPSA) is 74.7 Å². The molecule has 10 heteroatoms. The summed E-state index contributed by atoms with van der Waals surface area (Å²) in [4.78, 5) is 10.9. The number of halogens is 3. The molecule has 1 atom stereocenters. The molecule has 128 valence electrons. The standard InChI is InChI=1S/C13H14F3NO4S2/c1-12(11(18)19)6-7-17(8-12)23(20,21)10-4-2-9(3-5-10)22-13(14,15)16/h2-5H,6-8H2,1H3,(H,18,19). The Bertz CT molecular complexity index is 703. The van der Waals surface area contributed by atoms with Crippen molar-refractivity contribution in [3.8, 4) is 0 Å². The second kappa shape index (κ2) is 5.99. The molecule has 1 aromatic carbocycles. The SMILES string of the molecule is CC1(C(=O)O)CCN(S(=O)(=O)c2ccc(SC(F)(F)F)cc2)C1. The first-order valence-corrected chi connectivity index (χ1v) is 8.79. The number of carboxylic acids is 1. The lowest BCUT2D eigenvalue weighted by Gasteiger charge is -2.20. The maximum Gasteiger partial charge on any atom is 0.446 e. The summed E-state index contributed by atoms with van der Waals surface area (Å²) in [5.74, 6) is -1.08. The van der Waals surface area contributed by atoms with Crippen molar-refractivity contribution in [3.05, 3.63) is 24.3 Å². The molecule has 23 heavy (non-hydrogen) atoms. The number of hydrogen-bond donors (Lipinski definition) is 1. The number of hydrogen-bond acceptors (Lipinski definition) is 4. The number of benzene rings is 1. The number of alkyl halides is 3. The third-order valence-electron chi connectivity index (χ3n) is 3.65. The minimum atomic E-state index is -4.45. The van der Waals surface area contributed by atoms with E-state index in [1.54, 1.807) is 0 Å². The second-order valence-corrected chi connectivity index (χ2v) is 8.55. The molecule has 1 aromatic rings. The highest BCUT2D eigenvalue weighted by atomic mass is 32.2. The normalized spacial score (nSPS) is 23.1. The first kappa shape index (κ1) is 18.1. The fraction of sp³-hybridized carbons (Fsp3) is 0.462. The molecule has 1 unspecified atom stereocenters. The lowest BCUT2D eigenvalue weighted by atomic mass is 9.90. The molecule has 0 spiro atoms. The van der Waals surface area contributed by atoms with Gasteiger partial charge in [0.05, 0.1) is 10.3 Å². The monoisotopic (exact) mass is 369 g/mol. The largest absolute Gasteiger partial charge is 0.481 e. The zero-order chi connectivity index (χ0) is 17.5. The van der Waals surface area contributed by atoms with E-state index in [-0.39, 0.29) is 41.1 Å². The van der Waals surface area contributed by atoms with E-state index in [2.05, 4.69) is 0 Å². The van der Waals surface area contributed by atoms with E-state index in [4.69, 9.17) is 5.11 Å². The first-order valence-electron chi connectivity index (χ1n) is 6.53. The van der Waals surface area contributed by atoms with Crippen molar-refractivity contribution < 1.29 is 31.5 Å². The molecule has 1 N–H and O–H groups in total. The van der Waals surface area contributed by atoms with Crippen LogP contribution in [0.3, 0.4) is 0 Å². The van der Waals surface area contributed by atoms with Crippen LogP contribution in [-0.4, -0.2) is 42.4 Å². The molecule has 1 aliphatic rings. The van der Waals surface area contributed by atoms with Crippen molar-refractivity contribution in [1.82, 2.24) is 4.31 Å². The summed E-state index contributed by atoms with van der Waals surface area (Å²) in [6, 6.07) is 4.36. The Labute approximate surface area is 135 Å². The average Bonchev–Trinajstić information content (AvgIpc) is 2.82. The quantitative estimate of drug-likeness (QED) is 0.826. The zero-order valence-electron chi connectivity index (χ0n) is 12.0. The number of carboxylic acid groups (broad SMARTS) is 1. The highest BCUT2D eigenvalue weighted by Gasteiger charge is 2.44. The molecule has 1 saturated heterocycles. The minimum absolute atomic E-state index is 0.0597. The van der Waals surface area contributed by atoms with Crippen LogP contribution >= 0.6 is 11.8 Å². The van der Waals surface area contributed by atoms with Crippen molar-refractivity contribution in [3.63, 3.8) is 0 Å². The van der Waals surface area contributed by atoms with E-state index >= 15 is 0 Å². The van der Waals surface area contributed by atoms with Crippen LogP contribution < -0.4 is 0 Å². The average molecular weight is 369 g/mol. The highest BCUT2D eigenvalue weighted by Crippen LogP contribution is 2.38. The van der Waals surface area contributed by atoms with Crippen LogP contribution in [0.25, 0.3) is 0 Å². The number of thioether (sulfide) groups is 1. The van der Waals surface area contributed by atoms with Gasteiger partial charge in [-0.2, -0.15) is 17.5 Å². The van der Waals surface area contributed by atoms with Crippen molar-refractivity contribution >= 4 is 27.8 Å². The summed E-state index contributed by atoms with van der Waals surface area (Å²) in [6.45, 7) is 1.36. The number of carbonyl (C=O) groups is 1. The van der Waals surface area contributed by atoms with Gasteiger partial charge in [-0.1, -0.05) is 0 Å². The van der Waals surface area contributed by atoms with Crippen LogP contribution in [0.15, 0.2) is 34.1 Å². The third-order valence-corrected chi connectivity index (χ3v) is 6.25. The summed E-state index contributed by atoms with van der Waals surface area (Å²) >= 11 is -0.330. The molecule has 5 nitrogen and oxygen atoms in total. The van der Waals surface area contributed by atoms with Crippen molar-refractivity contribution in [2.45, 2.75) is 28.6 Å². The molecule has 2 rings (SSSR count). The number of sulfonamides is 1. The highest BCUT2D eigenvalue weighted by molar-refractivity contribution is 8.00. The minimum Gasteiger partial charge on any atom is -0.481 e. The summed E-state index contributed by atoms with van der Waals surface area (Å²) in [6.07, 6.45) is 0.184. The Morgan fingerprint density at radius 1 is 1.30 bits per heavy atom. The summed E-state index contributed by atoms with van der Waals surface area (Å²) in [5.41, 5.74) is -5.60. The molecule has 1 fully saturated rings. The molecule has 0 bridgehead atoms. The van der Waals surface area contributed by atoms with E-state index in [0.29, 0.717) is 0 Å². The second-order valence-electron chi connectivity index (χ2n) is 5.47. The predicted octanol–water partition coefficient (Wildman–Crippen LogP) is 2.78. The van der Waals surface area contributed by atoms with Crippen LogP contribution in [0.5, 0.6) is 0 Å². The van der Waals surface area contributed by atoms with Crippen LogP contribution in [0, 0.1) is 5.41 Å². The van der Waals surface area contributed by atoms with Gasteiger partial charge in [-0.3, -0.25) is 4.79 Å². The van der Waals surface area contributed by atoms with Crippen LogP contribution in [0.1, 0.15) is 13.3 Å². The molecule has 0 aliphatic carbocycles. The molecule has 0 amide bonds. The van der Waals surface area contributed by atoms with E-state index in [9.17, 15) is 26.4 Å². The van der Waals surface area contributed by atoms with Gasteiger partial charge >= 0.3 is 11.5 Å². The van der Waals surface area contributed by atoms with Crippen molar-refractivity contribution in [1.29, 1.82) is 0 Å². The Hall–Kier alpha value is -1.26. The summed E-state index contributed by atoms with van der Waals surface area (Å²) < 4.78 is 62.7. The molecule has 1 heterocycles. The van der Waals surface area contributed by atoms with E-state index in [1.165, 1.54) is 6.92 Å². The Morgan fingerprint density at radius 3 is 2.30 bits per heavy atom. The number of rotatable bonds is 4. The summed E-state index contributed by atoms with van der Waals surface area (Å²) in [7, 11) is -3.92. The van der Waals surface area contributed by atoms with E-state index < -0.39 is 26.9 Å². The third kappa shape index (κ3) is 3.99. The Morgan fingerprint density at radius 2 is 1.87 bits per heavy atom. The summed E-state index contributed by atoms with van der Waals surface area (Å²) in [5, 5.41) is 9.14. The maximum atomic E-state index is 12.4. The Kier molecular flexibility index (Phi) is 4.71. The molecule has 1 aliphatic heterocycles. The zero-order valence-corrected chi connectivity index (χ0v) is 13.6. The van der Waals surface area contributed by atoms with Crippen LogP contribution in [0.2, 0.25) is 0 Å². The lowest BCUT2D eigenvalue weighted by Crippen LogP contribution is -2.34. The molecule has 0 saturated carbocycles. The van der Waals surface area contributed by atoms with Gasteiger partial charge in [-0.25, -0.2) is 8.42 Å². The van der Waals surface area contributed by atoms with Crippen LogP contribution in [0.4, 0.5) is 13.2 Å². The molecular formula is C13H14F3NO4S2. The van der Waals surface area contributed by atoms with Gasteiger partial charge in [0.2, 0.25) is 10.0 Å². The van der Waals surface area contributed by atoms with Gasteiger partial charge in [-0.15, -0.1) is 0 Å². The fourth-order valence-electron chi connectivity index (χ4n) is 2.26. The van der Waals surface area contributed by atoms with E-state index in [1.807, 2.05) is 0 Å². The van der Waals surface area contributed by atoms with Gasteiger partial charge in [-0.05, 0) is 49.4 Å². The van der Waals surface area contributed by atoms with Gasteiger partial charge < -0.3 is 5.11 Å². The van der Waals surface area contributed by atoms with Crippen molar-refractivity contribution in [2.75, 3.05) is 13.1 Å². The van der Waals surface area contributed by atoms with Gasteiger partial charge in [0, 0.05) is 18.0 Å². The maximum absolute atomic E-state index is 12.4. The smallest absolute Gasteiger partial charge is 0.446 e. The van der Waals surface area contributed by atoms with Gasteiger partial charge in [0.25, 0.3) is 0 Å². The number of aliphatic carboxylic acids is 1. The fourth-order valence-corrected chi connectivity index (χ4v) is 4.37.